The van der Waals surface area contributed by atoms with E-state index in [1.165, 1.54) is 63.1 Å². The average Bonchev–Trinajstić information content (AvgIpc) is 2.48. The van der Waals surface area contributed by atoms with Crippen LogP contribution in [0.5, 0.6) is 0 Å². The zero-order chi connectivity index (χ0) is 14.7. The molecule has 0 radical (unpaired) electrons. The van der Waals surface area contributed by atoms with Crippen LogP contribution in [0, 0.1) is 6.92 Å². The first-order valence-corrected chi connectivity index (χ1v) is 8.47. The van der Waals surface area contributed by atoms with Gasteiger partial charge in [0.1, 0.15) is 0 Å². The van der Waals surface area contributed by atoms with Crippen LogP contribution in [0.4, 0.5) is 5.69 Å². The first-order chi connectivity index (χ1) is 10.2. The first-order valence-electron chi connectivity index (χ1n) is 8.47. The van der Waals surface area contributed by atoms with Crippen LogP contribution in [0.1, 0.15) is 31.2 Å². The van der Waals surface area contributed by atoms with Crippen molar-refractivity contribution in [2.24, 2.45) is 0 Å². The van der Waals surface area contributed by atoms with E-state index < -0.39 is 0 Å². The number of nitrogens with zero attached hydrogens (tertiary/aromatic N) is 2. The Morgan fingerprint density at radius 3 is 2.57 bits per heavy atom. The highest BCUT2D eigenvalue weighted by molar-refractivity contribution is 5.48. The van der Waals surface area contributed by atoms with Gasteiger partial charge in [-0.25, -0.2) is 0 Å². The summed E-state index contributed by atoms with van der Waals surface area (Å²) in [5.74, 6) is 0. The lowest BCUT2D eigenvalue weighted by molar-refractivity contribution is 0.209. The Morgan fingerprint density at radius 2 is 1.86 bits per heavy atom. The fourth-order valence-corrected chi connectivity index (χ4v) is 3.76. The Balaban J connectivity index is 1.48. The Kier molecular flexibility index (Phi) is 4.81. The van der Waals surface area contributed by atoms with E-state index >= 15 is 0 Å². The molecule has 3 heteroatoms. The summed E-state index contributed by atoms with van der Waals surface area (Å²) >= 11 is 0. The predicted molar refractivity (Wildman–Crippen MR) is 90.1 cm³/mol. The van der Waals surface area contributed by atoms with Crippen molar-refractivity contribution in [3.8, 4) is 0 Å². The van der Waals surface area contributed by atoms with Gasteiger partial charge in [-0.1, -0.05) is 12.1 Å². The lowest BCUT2D eigenvalue weighted by Gasteiger charge is -2.38. The molecule has 0 amide bonds. The monoisotopic (exact) mass is 287 g/mol. The van der Waals surface area contributed by atoms with E-state index in [-0.39, 0.29) is 0 Å². The van der Waals surface area contributed by atoms with Crippen molar-refractivity contribution in [3.63, 3.8) is 0 Å². The van der Waals surface area contributed by atoms with Gasteiger partial charge in [0.05, 0.1) is 0 Å². The van der Waals surface area contributed by atoms with Crippen LogP contribution in [-0.2, 0) is 0 Å². The molecule has 0 aliphatic carbocycles. The van der Waals surface area contributed by atoms with Gasteiger partial charge in [-0.2, -0.15) is 0 Å². The Hall–Kier alpha value is -1.06. The standard InChI is InChI=1S/C18H29N3/c1-15-5-3-7-18(13-15)21-11-8-16(9-12-21)19-17-6-4-10-20(2)14-17/h3,5,7,13,16-17,19H,4,6,8-12,14H2,1-2H3/t17-/m0/s1. The van der Waals surface area contributed by atoms with Gasteiger partial charge < -0.3 is 15.1 Å². The fraction of sp³-hybridized carbons (Fsp3) is 0.667. The predicted octanol–water partition coefficient (Wildman–Crippen LogP) is 2.65. The second kappa shape index (κ2) is 6.80. The summed E-state index contributed by atoms with van der Waals surface area (Å²) < 4.78 is 0. The van der Waals surface area contributed by atoms with Gasteiger partial charge in [-0.15, -0.1) is 0 Å². The highest BCUT2D eigenvalue weighted by atomic mass is 15.2. The largest absolute Gasteiger partial charge is 0.371 e. The SMILES string of the molecule is Cc1cccc(N2CCC(N[C@H]3CCCN(C)C3)CC2)c1. The maximum absolute atomic E-state index is 3.90. The molecular weight excluding hydrogens is 258 g/mol. The highest BCUT2D eigenvalue weighted by Gasteiger charge is 2.24. The molecule has 2 aliphatic heterocycles. The van der Waals surface area contributed by atoms with Crippen molar-refractivity contribution >= 4 is 5.69 Å². The van der Waals surface area contributed by atoms with Crippen LogP contribution in [0.15, 0.2) is 24.3 Å². The quantitative estimate of drug-likeness (QED) is 0.922. The van der Waals surface area contributed by atoms with Crippen LogP contribution in [0.2, 0.25) is 0 Å². The molecule has 2 aliphatic rings. The van der Waals surface area contributed by atoms with E-state index in [4.69, 9.17) is 0 Å². The molecular formula is C18H29N3. The normalized spacial score (nSPS) is 25.2. The average molecular weight is 287 g/mol. The molecule has 1 N–H and O–H groups in total. The molecule has 0 bridgehead atoms. The van der Waals surface area contributed by atoms with Gasteiger partial charge >= 0.3 is 0 Å². The smallest absolute Gasteiger partial charge is 0.0368 e. The summed E-state index contributed by atoms with van der Waals surface area (Å²) in [4.78, 5) is 5.00. The molecule has 1 aromatic rings. The molecule has 0 saturated carbocycles. The third-order valence-electron chi connectivity index (χ3n) is 4.96. The number of likely N-dealkylation sites (tertiary alicyclic amines) is 1. The van der Waals surface area contributed by atoms with Crippen molar-refractivity contribution in [3.05, 3.63) is 29.8 Å². The molecule has 2 saturated heterocycles. The van der Waals surface area contributed by atoms with Crippen molar-refractivity contribution in [2.45, 2.75) is 44.7 Å². The lowest BCUT2D eigenvalue weighted by atomic mass is 10.00. The molecule has 2 fully saturated rings. The minimum Gasteiger partial charge on any atom is -0.371 e. The Bertz CT molecular complexity index is 452. The van der Waals surface area contributed by atoms with E-state index in [0.717, 1.165) is 0 Å². The molecule has 0 aromatic heterocycles. The zero-order valence-electron chi connectivity index (χ0n) is 13.5. The number of nitrogens with one attached hydrogen (secondary N) is 1. The number of benzene rings is 1. The number of hydrogen-bond donors (Lipinski definition) is 1. The van der Waals surface area contributed by atoms with Crippen LogP contribution in [0.3, 0.4) is 0 Å². The summed E-state index contributed by atoms with van der Waals surface area (Å²) in [7, 11) is 2.24. The number of likely N-dealkylation sites (N-methyl/N-ethyl adjacent to an activating group) is 1. The fourth-order valence-electron chi connectivity index (χ4n) is 3.76. The van der Waals surface area contributed by atoms with Crippen molar-refractivity contribution < 1.29 is 0 Å². The van der Waals surface area contributed by atoms with E-state index in [1.54, 1.807) is 0 Å². The van der Waals surface area contributed by atoms with E-state index in [2.05, 4.69) is 53.4 Å². The van der Waals surface area contributed by atoms with Crippen molar-refractivity contribution in [2.75, 3.05) is 38.1 Å². The topological polar surface area (TPSA) is 18.5 Å². The van der Waals surface area contributed by atoms with Gasteiger partial charge in [-0.05, 0) is 63.9 Å². The molecule has 2 heterocycles. The van der Waals surface area contributed by atoms with Gasteiger partial charge in [-0.3, -0.25) is 0 Å². The van der Waals surface area contributed by atoms with Crippen molar-refractivity contribution in [1.29, 1.82) is 0 Å². The Morgan fingerprint density at radius 1 is 1.05 bits per heavy atom. The number of rotatable bonds is 3. The van der Waals surface area contributed by atoms with Gasteiger partial charge in [0.15, 0.2) is 0 Å². The summed E-state index contributed by atoms with van der Waals surface area (Å²) in [5.41, 5.74) is 2.75. The number of anilines is 1. The number of piperidine rings is 2. The molecule has 21 heavy (non-hydrogen) atoms. The van der Waals surface area contributed by atoms with Crippen LogP contribution < -0.4 is 10.2 Å². The molecule has 1 atom stereocenters. The van der Waals surface area contributed by atoms with Crippen LogP contribution >= 0.6 is 0 Å². The molecule has 0 unspecified atom stereocenters. The second-order valence-electron chi connectivity index (χ2n) is 6.87. The number of hydrogen-bond acceptors (Lipinski definition) is 3. The number of aryl methyl sites for hydroxylation is 1. The van der Waals surface area contributed by atoms with Gasteiger partial charge in [0, 0.05) is 37.4 Å². The maximum Gasteiger partial charge on any atom is 0.0368 e. The summed E-state index contributed by atoms with van der Waals surface area (Å²) in [6.45, 7) is 7.03. The zero-order valence-corrected chi connectivity index (χ0v) is 13.5. The molecule has 1 aromatic carbocycles. The molecule has 0 spiro atoms. The van der Waals surface area contributed by atoms with Gasteiger partial charge in [0.2, 0.25) is 0 Å². The maximum atomic E-state index is 3.90. The minimum absolute atomic E-state index is 0.708. The Labute approximate surface area is 129 Å². The lowest BCUT2D eigenvalue weighted by Crippen LogP contribution is -2.51. The molecule has 3 rings (SSSR count). The van der Waals surface area contributed by atoms with E-state index in [1.807, 2.05) is 0 Å². The van der Waals surface area contributed by atoms with Gasteiger partial charge in [0.25, 0.3) is 0 Å². The first kappa shape index (κ1) is 14.9. The third-order valence-corrected chi connectivity index (χ3v) is 4.96. The summed E-state index contributed by atoms with van der Waals surface area (Å²) in [6, 6.07) is 10.3. The van der Waals surface area contributed by atoms with Crippen LogP contribution in [-0.4, -0.2) is 50.2 Å². The summed E-state index contributed by atoms with van der Waals surface area (Å²) in [6.07, 6.45) is 5.24. The summed E-state index contributed by atoms with van der Waals surface area (Å²) in [5, 5.41) is 3.90. The molecule has 116 valence electrons. The van der Waals surface area contributed by atoms with E-state index in [9.17, 15) is 0 Å². The second-order valence-corrected chi connectivity index (χ2v) is 6.87. The molecule has 3 nitrogen and oxygen atoms in total. The van der Waals surface area contributed by atoms with Crippen LogP contribution in [0.25, 0.3) is 0 Å². The minimum atomic E-state index is 0.708. The third kappa shape index (κ3) is 3.98. The highest BCUT2D eigenvalue weighted by Crippen LogP contribution is 2.21. The van der Waals surface area contributed by atoms with E-state index in [0.29, 0.717) is 12.1 Å². The van der Waals surface area contributed by atoms with Crippen molar-refractivity contribution in [1.82, 2.24) is 10.2 Å².